The van der Waals surface area contributed by atoms with E-state index in [1.54, 1.807) is 36.4 Å². The molecule has 0 unspecified atom stereocenters. The molecule has 0 amide bonds. The van der Waals surface area contributed by atoms with E-state index in [9.17, 15) is 13.2 Å². The van der Waals surface area contributed by atoms with Gasteiger partial charge in [0.15, 0.2) is 0 Å². The lowest BCUT2D eigenvalue weighted by atomic mass is 10.2. The number of sulfonamides is 1. The molecule has 0 heterocycles. The summed E-state index contributed by atoms with van der Waals surface area (Å²) in [6.07, 6.45) is 2.60. The van der Waals surface area contributed by atoms with Crippen molar-refractivity contribution in [2.75, 3.05) is 11.8 Å². The molecule has 0 radical (unpaired) electrons. The van der Waals surface area contributed by atoms with E-state index in [1.807, 2.05) is 0 Å². The zero-order valence-electron chi connectivity index (χ0n) is 12.2. The van der Waals surface area contributed by atoms with Gasteiger partial charge in [0, 0.05) is 6.07 Å². The molecule has 2 rings (SSSR count). The summed E-state index contributed by atoms with van der Waals surface area (Å²) < 4.78 is 32.4. The van der Waals surface area contributed by atoms with Crippen molar-refractivity contribution in [3.63, 3.8) is 0 Å². The van der Waals surface area contributed by atoms with Crippen molar-refractivity contribution in [3.05, 3.63) is 60.2 Å². The Labute approximate surface area is 139 Å². The Kier molecular flexibility index (Phi) is 5.41. The highest BCUT2D eigenvalue weighted by atomic mass is 35.5. The lowest BCUT2D eigenvalue weighted by Crippen LogP contribution is -2.13. The first-order valence-corrected chi connectivity index (χ1v) is 8.41. The summed E-state index contributed by atoms with van der Waals surface area (Å²) in [4.78, 5) is 10.8. The van der Waals surface area contributed by atoms with Crippen LogP contribution in [0.5, 0.6) is 5.75 Å². The first-order valence-electron chi connectivity index (χ1n) is 6.55. The van der Waals surface area contributed by atoms with Crippen LogP contribution in [0, 0.1) is 0 Å². The predicted octanol–water partition coefficient (Wildman–Crippen LogP) is 3.27. The van der Waals surface area contributed by atoms with Crippen molar-refractivity contribution in [2.24, 2.45) is 0 Å². The fourth-order valence-corrected chi connectivity index (χ4v) is 3.01. The van der Waals surface area contributed by atoms with Gasteiger partial charge in [-0.1, -0.05) is 24.3 Å². The fourth-order valence-electron chi connectivity index (χ4n) is 1.85. The zero-order chi connectivity index (χ0) is 16.9. The maximum Gasteiger partial charge on any atom is 0.261 e. The van der Waals surface area contributed by atoms with E-state index in [-0.39, 0.29) is 4.90 Å². The number of halogens is 1. The van der Waals surface area contributed by atoms with Crippen LogP contribution in [0.3, 0.4) is 0 Å². The number of hydrogen-bond donors (Lipinski definition) is 1. The standard InChI is InChI=1S/C16H14ClNO4S/c1-22-14-6-3-5-13(11-14)18-23(20,21)15-7-2-4-12(10-15)8-9-16(17)19/h2-11,18H,1H3. The minimum Gasteiger partial charge on any atom is -0.497 e. The van der Waals surface area contributed by atoms with Crippen LogP contribution < -0.4 is 9.46 Å². The average Bonchev–Trinajstić information content (AvgIpc) is 2.53. The third-order valence-corrected chi connectivity index (χ3v) is 4.40. The molecule has 2 aromatic rings. The Morgan fingerprint density at radius 2 is 1.91 bits per heavy atom. The van der Waals surface area contributed by atoms with Crippen LogP contribution in [0.15, 0.2) is 59.5 Å². The van der Waals surface area contributed by atoms with E-state index in [0.29, 0.717) is 17.0 Å². The Morgan fingerprint density at radius 1 is 1.17 bits per heavy atom. The van der Waals surface area contributed by atoms with Gasteiger partial charge in [-0.15, -0.1) is 0 Å². The first kappa shape index (κ1) is 17.1. The molecule has 1 N–H and O–H groups in total. The highest BCUT2D eigenvalue weighted by Gasteiger charge is 2.14. The molecular weight excluding hydrogens is 338 g/mol. The Hall–Kier alpha value is -2.31. The summed E-state index contributed by atoms with van der Waals surface area (Å²) in [6.45, 7) is 0. The zero-order valence-corrected chi connectivity index (χ0v) is 13.8. The number of benzene rings is 2. The number of anilines is 1. The molecule has 0 saturated heterocycles. The highest BCUT2D eigenvalue weighted by molar-refractivity contribution is 7.92. The molecule has 0 atom stereocenters. The van der Waals surface area contributed by atoms with E-state index in [4.69, 9.17) is 16.3 Å². The van der Waals surface area contributed by atoms with Crippen LogP contribution in [0.25, 0.3) is 6.08 Å². The molecule has 120 valence electrons. The van der Waals surface area contributed by atoms with Gasteiger partial charge in [0.25, 0.3) is 10.0 Å². The number of ether oxygens (including phenoxy) is 1. The molecule has 0 aromatic heterocycles. The number of rotatable bonds is 6. The minimum absolute atomic E-state index is 0.0736. The van der Waals surface area contributed by atoms with Gasteiger partial charge < -0.3 is 4.74 Å². The summed E-state index contributed by atoms with van der Waals surface area (Å²) >= 11 is 5.23. The van der Waals surface area contributed by atoms with Crippen molar-refractivity contribution >= 4 is 38.6 Å². The van der Waals surface area contributed by atoms with E-state index >= 15 is 0 Å². The molecule has 7 heteroatoms. The lowest BCUT2D eigenvalue weighted by Gasteiger charge is -2.09. The summed E-state index contributed by atoms with van der Waals surface area (Å²) in [5.74, 6) is 0.544. The minimum atomic E-state index is -3.76. The van der Waals surface area contributed by atoms with Gasteiger partial charge >= 0.3 is 0 Å². The third kappa shape index (κ3) is 4.84. The van der Waals surface area contributed by atoms with Crippen molar-refractivity contribution in [3.8, 4) is 5.75 Å². The molecule has 5 nitrogen and oxygen atoms in total. The van der Waals surface area contributed by atoms with Crippen molar-refractivity contribution in [1.29, 1.82) is 0 Å². The second-order valence-electron chi connectivity index (χ2n) is 4.55. The van der Waals surface area contributed by atoms with Gasteiger partial charge in [-0.25, -0.2) is 8.42 Å². The van der Waals surface area contributed by atoms with E-state index in [2.05, 4.69) is 4.72 Å². The molecule has 0 aliphatic heterocycles. The average molecular weight is 352 g/mol. The van der Waals surface area contributed by atoms with Gasteiger partial charge in [-0.2, -0.15) is 0 Å². The van der Waals surface area contributed by atoms with E-state index < -0.39 is 15.3 Å². The summed E-state index contributed by atoms with van der Waals surface area (Å²) in [5.41, 5.74) is 0.939. The van der Waals surface area contributed by atoms with Crippen molar-refractivity contribution in [2.45, 2.75) is 4.90 Å². The highest BCUT2D eigenvalue weighted by Crippen LogP contribution is 2.21. The number of hydrogen-bond acceptors (Lipinski definition) is 4. The number of carbonyl (C=O) groups excluding carboxylic acids is 1. The molecule has 0 aliphatic rings. The van der Waals surface area contributed by atoms with Crippen molar-refractivity contribution < 1.29 is 17.9 Å². The molecular formula is C16H14ClNO4S. The molecule has 23 heavy (non-hydrogen) atoms. The second kappa shape index (κ2) is 7.30. The fraction of sp³-hybridized carbons (Fsp3) is 0.0625. The van der Waals surface area contributed by atoms with Crippen LogP contribution >= 0.6 is 11.6 Å². The van der Waals surface area contributed by atoms with Gasteiger partial charge in [-0.3, -0.25) is 9.52 Å². The predicted molar refractivity (Wildman–Crippen MR) is 90.1 cm³/mol. The first-order chi connectivity index (χ1) is 10.9. The van der Waals surface area contributed by atoms with Gasteiger partial charge in [0.05, 0.1) is 17.7 Å². The molecule has 0 saturated carbocycles. The number of carbonyl (C=O) groups is 1. The van der Waals surface area contributed by atoms with Gasteiger partial charge in [-0.05, 0) is 47.5 Å². The number of nitrogens with one attached hydrogen (secondary N) is 1. The van der Waals surface area contributed by atoms with Crippen LogP contribution in [0.4, 0.5) is 5.69 Å². The molecule has 0 spiro atoms. The van der Waals surface area contributed by atoms with Crippen LogP contribution in [-0.2, 0) is 14.8 Å². The molecule has 0 aliphatic carbocycles. The molecule has 2 aromatic carbocycles. The molecule has 0 fully saturated rings. The van der Waals surface area contributed by atoms with Crippen LogP contribution in [-0.4, -0.2) is 20.8 Å². The Morgan fingerprint density at radius 3 is 2.61 bits per heavy atom. The maximum absolute atomic E-state index is 12.4. The van der Waals surface area contributed by atoms with Crippen LogP contribution in [0.1, 0.15) is 5.56 Å². The second-order valence-corrected chi connectivity index (χ2v) is 6.60. The normalized spacial score (nSPS) is 11.4. The Bertz CT molecular complexity index is 847. The van der Waals surface area contributed by atoms with Gasteiger partial charge in [0.2, 0.25) is 5.24 Å². The molecule has 0 bridgehead atoms. The quantitative estimate of drug-likeness (QED) is 0.640. The van der Waals surface area contributed by atoms with Gasteiger partial charge in [0.1, 0.15) is 5.75 Å². The van der Waals surface area contributed by atoms with E-state index in [0.717, 1.165) is 6.08 Å². The topological polar surface area (TPSA) is 72.5 Å². The number of methoxy groups -OCH3 is 1. The summed E-state index contributed by atoms with van der Waals surface area (Å²) in [5, 5.41) is -0.632. The Balaban J connectivity index is 2.28. The van der Waals surface area contributed by atoms with E-state index in [1.165, 1.54) is 25.3 Å². The monoisotopic (exact) mass is 351 g/mol. The smallest absolute Gasteiger partial charge is 0.261 e. The van der Waals surface area contributed by atoms with Crippen molar-refractivity contribution in [1.82, 2.24) is 0 Å². The SMILES string of the molecule is COc1cccc(NS(=O)(=O)c2cccc(C=CC(=O)Cl)c2)c1. The summed E-state index contributed by atoms with van der Waals surface area (Å²) in [6, 6.07) is 12.7. The summed E-state index contributed by atoms with van der Waals surface area (Å²) in [7, 11) is -2.26. The number of allylic oxidation sites excluding steroid dienone is 1. The van der Waals surface area contributed by atoms with Crippen LogP contribution in [0.2, 0.25) is 0 Å². The maximum atomic E-state index is 12.4. The third-order valence-electron chi connectivity index (χ3n) is 2.90. The lowest BCUT2D eigenvalue weighted by molar-refractivity contribution is -0.107. The largest absolute Gasteiger partial charge is 0.497 e.